The molecule has 0 bridgehead atoms. The number of carbonyl (C=O) groups is 1. The molecule has 5 nitrogen and oxygen atoms in total. The topological polar surface area (TPSA) is 66.5 Å². The number of amides is 1. The molecule has 0 saturated heterocycles. The van der Waals surface area contributed by atoms with Gasteiger partial charge in [0.2, 0.25) is 0 Å². The molecule has 2 rings (SSSR count). The average Bonchev–Trinajstić information content (AvgIpc) is 2.53. The first-order valence-corrected chi connectivity index (χ1v) is 9.44. The Kier molecular flexibility index (Phi) is 5.23. The van der Waals surface area contributed by atoms with E-state index in [-0.39, 0.29) is 16.2 Å². The van der Waals surface area contributed by atoms with Gasteiger partial charge >= 0.3 is 0 Å². The molecule has 0 aliphatic rings. The third-order valence-electron chi connectivity index (χ3n) is 3.80. The van der Waals surface area contributed by atoms with Gasteiger partial charge < -0.3 is 4.90 Å². The molecule has 0 aromatic heterocycles. The maximum Gasteiger partial charge on any atom is 0.261 e. The fourth-order valence-electron chi connectivity index (χ4n) is 2.32. The molecule has 0 saturated carbocycles. The number of anilines is 1. The van der Waals surface area contributed by atoms with Gasteiger partial charge in [0.05, 0.1) is 4.90 Å². The van der Waals surface area contributed by atoms with Gasteiger partial charge in [0.15, 0.2) is 0 Å². The molecule has 0 fully saturated rings. The first-order chi connectivity index (χ1) is 11.5. The predicted octanol–water partition coefficient (Wildman–Crippen LogP) is 3.49. The summed E-state index contributed by atoms with van der Waals surface area (Å²) in [7, 11) is -0.416. The Morgan fingerprint density at radius 2 is 1.60 bits per heavy atom. The monoisotopic (exact) mass is 360 g/mol. The van der Waals surface area contributed by atoms with Crippen molar-refractivity contribution < 1.29 is 13.2 Å². The largest absolute Gasteiger partial charge is 0.345 e. The van der Waals surface area contributed by atoms with Crippen molar-refractivity contribution in [3.05, 3.63) is 59.7 Å². The fourth-order valence-corrected chi connectivity index (χ4v) is 3.37. The van der Waals surface area contributed by atoms with Gasteiger partial charge in [-0.05, 0) is 41.3 Å². The molecule has 0 aliphatic heterocycles. The van der Waals surface area contributed by atoms with E-state index in [1.54, 1.807) is 44.4 Å². The Balaban J connectivity index is 2.27. The van der Waals surface area contributed by atoms with E-state index in [4.69, 9.17) is 0 Å². The van der Waals surface area contributed by atoms with E-state index < -0.39 is 10.0 Å². The molecule has 1 amide bonds. The summed E-state index contributed by atoms with van der Waals surface area (Å²) < 4.78 is 27.7. The number of sulfonamides is 1. The van der Waals surface area contributed by atoms with Crippen LogP contribution in [0.1, 0.15) is 36.7 Å². The summed E-state index contributed by atoms with van der Waals surface area (Å²) in [6, 6.07) is 13.3. The second-order valence-corrected chi connectivity index (χ2v) is 8.84. The van der Waals surface area contributed by atoms with Crippen molar-refractivity contribution in [3.63, 3.8) is 0 Å². The summed E-state index contributed by atoms with van der Waals surface area (Å²) in [5, 5.41) is 0. The zero-order valence-electron chi connectivity index (χ0n) is 15.2. The van der Waals surface area contributed by atoms with Gasteiger partial charge in [-0.3, -0.25) is 9.52 Å². The summed E-state index contributed by atoms with van der Waals surface area (Å²) in [5.74, 6) is -0.185. The lowest BCUT2D eigenvalue weighted by atomic mass is 9.87. The van der Waals surface area contributed by atoms with Crippen LogP contribution in [0.5, 0.6) is 0 Å². The fraction of sp³-hybridized carbons (Fsp3) is 0.316. The lowest BCUT2D eigenvalue weighted by molar-refractivity contribution is 0.0827. The van der Waals surface area contributed by atoms with Crippen LogP contribution in [-0.2, 0) is 15.4 Å². The van der Waals surface area contributed by atoms with Crippen molar-refractivity contribution in [2.24, 2.45) is 0 Å². The molecule has 0 unspecified atom stereocenters. The van der Waals surface area contributed by atoms with Crippen LogP contribution in [-0.4, -0.2) is 33.3 Å². The Bertz CT molecular complexity index is 864. The minimum Gasteiger partial charge on any atom is -0.345 e. The van der Waals surface area contributed by atoms with Crippen LogP contribution in [0.4, 0.5) is 5.69 Å². The van der Waals surface area contributed by atoms with E-state index in [1.165, 1.54) is 11.0 Å². The number of nitrogens with zero attached hydrogens (tertiary/aromatic N) is 1. The highest BCUT2D eigenvalue weighted by atomic mass is 32.2. The number of rotatable bonds is 4. The van der Waals surface area contributed by atoms with Gasteiger partial charge in [-0.1, -0.05) is 39.0 Å². The van der Waals surface area contributed by atoms with Gasteiger partial charge in [0, 0.05) is 25.3 Å². The number of carbonyl (C=O) groups excluding carboxylic acids is 1. The van der Waals surface area contributed by atoms with Gasteiger partial charge in [-0.25, -0.2) is 8.42 Å². The summed E-state index contributed by atoms with van der Waals surface area (Å²) in [6.07, 6.45) is 0. The maximum absolute atomic E-state index is 12.6. The van der Waals surface area contributed by atoms with Crippen LogP contribution in [0.2, 0.25) is 0 Å². The van der Waals surface area contributed by atoms with Crippen LogP contribution < -0.4 is 4.72 Å². The third kappa shape index (κ3) is 4.60. The van der Waals surface area contributed by atoms with Gasteiger partial charge in [0.25, 0.3) is 15.9 Å². The minimum atomic E-state index is -3.71. The molecule has 0 atom stereocenters. The van der Waals surface area contributed by atoms with Crippen LogP contribution >= 0.6 is 0 Å². The second kappa shape index (κ2) is 6.88. The lowest BCUT2D eigenvalue weighted by Crippen LogP contribution is -2.22. The smallest absolute Gasteiger partial charge is 0.261 e. The van der Waals surface area contributed by atoms with E-state index in [0.29, 0.717) is 11.3 Å². The van der Waals surface area contributed by atoms with Crippen molar-refractivity contribution >= 4 is 21.6 Å². The van der Waals surface area contributed by atoms with Crippen molar-refractivity contribution in [2.75, 3.05) is 18.8 Å². The standard InChI is InChI=1S/C19H24N2O3S/c1-19(2,3)15-9-11-17(12-10-15)25(23,24)20-16-8-6-7-14(13-16)18(22)21(4)5/h6-13,20H,1-5H3. The van der Waals surface area contributed by atoms with E-state index >= 15 is 0 Å². The SMILES string of the molecule is CN(C)C(=O)c1cccc(NS(=O)(=O)c2ccc(C(C)(C)C)cc2)c1. The number of benzene rings is 2. The predicted molar refractivity (Wildman–Crippen MR) is 100 cm³/mol. The molecule has 0 aliphatic carbocycles. The molecule has 1 N–H and O–H groups in total. The lowest BCUT2D eigenvalue weighted by Gasteiger charge is -2.19. The van der Waals surface area contributed by atoms with E-state index in [0.717, 1.165) is 5.56 Å². The minimum absolute atomic E-state index is 0.0450. The van der Waals surface area contributed by atoms with Crippen molar-refractivity contribution in [3.8, 4) is 0 Å². The highest BCUT2D eigenvalue weighted by Gasteiger charge is 2.18. The third-order valence-corrected chi connectivity index (χ3v) is 5.20. The molecule has 25 heavy (non-hydrogen) atoms. The van der Waals surface area contributed by atoms with Gasteiger partial charge in [-0.15, -0.1) is 0 Å². The maximum atomic E-state index is 12.6. The normalized spacial score (nSPS) is 11.9. The highest BCUT2D eigenvalue weighted by molar-refractivity contribution is 7.92. The zero-order chi connectivity index (χ0) is 18.8. The average molecular weight is 360 g/mol. The molecule has 0 heterocycles. The first kappa shape index (κ1) is 19.0. The van der Waals surface area contributed by atoms with Crippen LogP contribution in [0.25, 0.3) is 0 Å². The number of nitrogens with one attached hydrogen (secondary N) is 1. The number of hydrogen-bond donors (Lipinski definition) is 1. The molecule has 0 spiro atoms. The van der Waals surface area contributed by atoms with E-state index in [2.05, 4.69) is 25.5 Å². The Hall–Kier alpha value is -2.34. The highest BCUT2D eigenvalue weighted by Crippen LogP contribution is 2.24. The Morgan fingerprint density at radius 1 is 1.00 bits per heavy atom. The molecule has 0 radical (unpaired) electrons. The molecule has 6 heteroatoms. The van der Waals surface area contributed by atoms with Crippen LogP contribution in [0.3, 0.4) is 0 Å². The van der Waals surface area contributed by atoms with Crippen molar-refractivity contribution in [2.45, 2.75) is 31.1 Å². The number of hydrogen-bond acceptors (Lipinski definition) is 3. The summed E-state index contributed by atoms with van der Waals surface area (Å²) in [5.41, 5.74) is 1.79. The van der Waals surface area contributed by atoms with Crippen LogP contribution in [0.15, 0.2) is 53.4 Å². The molecule has 134 valence electrons. The van der Waals surface area contributed by atoms with Crippen molar-refractivity contribution in [1.82, 2.24) is 4.90 Å². The van der Waals surface area contributed by atoms with Crippen LogP contribution in [0, 0.1) is 0 Å². The Morgan fingerprint density at radius 3 is 2.12 bits per heavy atom. The van der Waals surface area contributed by atoms with Gasteiger partial charge in [-0.2, -0.15) is 0 Å². The van der Waals surface area contributed by atoms with Crippen molar-refractivity contribution in [1.29, 1.82) is 0 Å². The first-order valence-electron chi connectivity index (χ1n) is 7.96. The molecule has 2 aromatic rings. The Labute approximate surface area is 149 Å². The molecular weight excluding hydrogens is 336 g/mol. The van der Waals surface area contributed by atoms with E-state index in [1.807, 2.05) is 12.1 Å². The quantitative estimate of drug-likeness (QED) is 0.908. The summed E-state index contributed by atoms with van der Waals surface area (Å²) in [6.45, 7) is 6.21. The zero-order valence-corrected chi connectivity index (χ0v) is 16.0. The molecule has 2 aromatic carbocycles. The summed E-state index contributed by atoms with van der Waals surface area (Å²) >= 11 is 0. The van der Waals surface area contributed by atoms with Gasteiger partial charge in [0.1, 0.15) is 0 Å². The second-order valence-electron chi connectivity index (χ2n) is 7.16. The molecular formula is C19H24N2O3S. The van der Waals surface area contributed by atoms with E-state index in [9.17, 15) is 13.2 Å². The summed E-state index contributed by atoms with van der Waals surface area (Å²) in [4.78, 5) is 13.6.